The first-order valence-corrected chi connectivity index (χ1v) is 5.02. The Morgan fingerprint density at radius 3 is 2.53 bits per heavy atom. The minimum Gasteiger partial charge on any atom is -0.377 e. The van der Waals surface area contributed by atoms with Crippen LogP contribution < -0.4 is 5.73 Å². The highest BCUT2D eigenvalue weighted by atomic mass is 35.5. The zero-order valence-electron chi connectivity index (χ0n) is 9.05. The van der Waals surface area contributed by atoms with Crippen LogP contribution in [0.2, 0.25) is 5.02 Å². The van der Waals surface area contributed by atoms with Gasteiger partial charge in [0.15, 0.2) is 0 Å². The zero-order valence-corrected chi connectivity index (χ0v) is 9.81. The number of rotatable bonds is 3. The van der Waals surface area contributed by atoms with Gasteiger partial charge in [-0.1, -0.05) is 17.7 Å². The van der Waals surface area contributed by atoms with Crippen LogP contribution in [-0.4, -0.2) is 12.7 Å². The van der Waals surface area contributed by atoms with Crippen LogP contribution >= 0.6 is 11.6 Å². The quantitative estimate of drug-likeness (QED) is 0.868. The van der Waals surface area contributed by atoms with Gasteiger partial charge in [0, 0.05) is 17.7 Å². The Morgan fingerprint density at radius 1 is 1.47 bits per heavy atom. The van der Waals surface area contributed by atoms with Crippen LogP contribution in [0.1, 0.15) is 25.5 Å². The van der Waals surface area contributed by atoms with Crippen molar-refractivity contribution in [3.8, 4) is 0 Å². The molecule has 2 nitrogen and oxygen atoms in total. The summed E-state index contributed by atoms with van der Waals surface area (Å²) in [7, 11) is 1.55. The second-order valence-corrected chi connectivity index (χ2v) is 4.39. The number of nitrogens with two attached hydrogens (primary N) is 1. The molecule has 0 saturated carbocycles. The van der Waals surface area contributed by atoms with Gasteiger partial charge in [0.2, 0.25) is 0 Å². The van der Waals surface area contributed by atoms with Gasteiger partial charge in [-0.15, -0.1) is 0 Å². The van der Waals surface area contributed by atoms with Crippen LogP contribution in [0.25, 0.3) is 0 Å². The average Bonchev–Trinajstić information content (AvgIpc) is 2.17. The fourth-order valence-electron chi connectivity index (χ4n) is 1.26. The maximum absolute atomic E-state index is 13.5. The van der Waals surface area contributed by atoms with Gasteiger partial charge in [-0.2, -0.15) is 0 Å². The smallest absolute Gasteiger partial charge is 0.129 e. The molecular weight excluding hydrogens is 217 g/mol. The van der Waals surface area contributed by atoms with Crippen molar-refractivity contribution in [2.24, 2.45) is 5.73 Å². The fraction of sp³-hybridized carbons (Fsp3) is 0.455. The molecule has 1 aromatic carbocycles. The Balaban J connectivity index is 3.06. The maximum atomic E-state index is 13.5. The standard InChI is InChI=1S/C11H15ClFNO/c1-11(2,15-3)10(14)8-5-4-7(12)6-9(8)13/h4-6,10H,14H2,1-3H3. The van der Waals surface area contributed by atoms with Gasteiger partial charge >= 0.3 is 0 Å². The van der Waals surface area contributed by atoms with E-state index in [2.05, 4.69) is 0 Å². The molecule has 1 aromatic rings. The highest BCUT2D eigenvalue weighted by Gasteiger charge is 2.29. The summed E-state index contributed by atoms with van der Waals surface area (Å²) in [5.41, 5.74) is 5.72. The molecule has 0 saturated heterocycles. The third-order valence-corrected chi connectivity index (χ3v) is 2.81. The van der Waals surface area contributed by atoms with Gasteiger partial charge in [-0.3, -0.25) is 0 Å². The minimum absolute atomic E-state index is 0.360. The summed E-state index contributed by atoms with van der Waals surface area (Å²) in [4.78, 5) is 0. The first-order chi connectivity index (χ1) is 6.88. The molecule has 15 heavy (non-hydrogen) atoms. The van der Waals surface area contributed by atoms with Crippen LogP contribution in [0.15, 0.2) is 18.2 Å². The van der Waals surface area contributed by atoms with Crippen molar-refractivity contribution in [1.82, 2.24) is 0 Å². The summed E-state index contributed by atoms with van der Waals surface area (Å²) >= 11 is 5.66. The maximum Gasteiger partial charge on any atom is 0.129 e. The number of hydrogen-bond donors (Lipinski definition) is 1. The Hall–Kier alpha value is -0.640. The van der Waals surface area contributed by atoms with Crippen LogP contribution in [0, 0.1) is 5.82 Å². The molecule has 0 heterocycles. The first kappa shape index (κ1) is 12.4. The molecule has 2 N–H and O–H groups in total. The van der Waals surface area contributed by atoms with E-state index in [0.29, 0.717) is 10.6 Å². The van der Waals surface area contributed by atoms with Crippen molar-refractivity contribution in [2.45, 2.75) is 25.5 Å². The van der Waals surface area contributed by atoms with E-state index in [-0.39, 0.29) is 0 Å². The van der Waals surface area contributed by atoms with E-state index >= 15 is 0 Å². The number of halogens is 2. The van der Waals surface area contributed by atoms with Gasteiger partial charge in [0.25, 0.3) is 0 Å². The van der Waals surface area contributed by atoms with Crippen molar-refractivity contribution in [1.29, 1.82) is 0 Å². The molecule has 4 heteroatoms. The molecule has 1 unspecified atom stereocenters. The molecule has 0 aliphatic rings. The summed E-state index contributed by atoms with van der Waals surface area (Å²) in [6.07, 6.45) is 0. The summed E-state index contributed by atoms with van der Waals surface area (Å²) in [6.45, 7) is 3.62. The van der Waals surface area contributed by atoms with E-state index in [9.17, 15) is 4.39 Å². The second kappa shape index (κ2) is 4.47. The Bertz CT molecular complexity index is 354. The number of hydrogen-bond acceptors (Lipinski definition) is 2. The van der Waals surface area contributed by atoms with Crippen LogP contribution in [0.5, 0.6) is 0 Å². The SMILES string of the molecule is COC(C)(C)C(N)c1ccc(Cl)cc1F. The summed E-state index contributed by atoms with van der Waals surface area (Å²) < 4.78 is 18.8. The third-order valence-electron chi connectivity index (χ3n) is 2.57. The predicted molar refractivity (Wildman–Crippen MR) is 59.4 cm³/mol. The molecule has 1 rings (SSSR count). The molecule has 0 bridgehead atoms. The first-order valence-electron chi connectivity index (χ1n) is 4.64. The van der Waals surface area contributed by atoms with E-state index in [4.69, 9.17) is 22.1 Å². The molecule has 84 valence electrons. The Kier molecular flexibility index (Phi) is 3.71. The molecule has 1 atom stereocenters. The summed E-state index contributed by atoms with van der Waals surface area (Å²) in [5, 5.41) is 0.360. The summed E-state index contributed by atoms with van der Waals surface area (Å²) in [6, 6.07) is 3.93. The van der Waals surface area contributed by atoms with Crippen molar-refractivity contribution in [3.63, 3.8) is 0 Å². The summed E-state index contributed by atoms with van der Waals surface area (Å²) in [5.74, 6) is -0.403. The fourth-order valence-corrected chi connectivity index (χ4v) is 1.41. The van der Waals surface area contributed by atoms with Gasteiger partial charge in [0.1, 0.15) is 5.82 Å². The van der Waals surface area contributed by atoms with Crippen molar-refractivity contribution in [2.75, 3.05) is 7.11 Å². The number of methoxy groups -OCH3 is 1. The molecule has 0 aliphatic heterocycles. The number of benzene rings is 1. The molecule has 0 amide bonds. The normalized spacial score (nSPS) is 14.0. The lowest BCUT2D eigenvalue weighted by Crippen LogP contribution is -2.37. The Labute approximate surface area is 94.2 Å². The monoisotopic (exact) mass is 231 g/mol. The molecular formula is C11H15ClFNO. The van der Waals surface area contributed by atoms with E-state index in [0.717, 1.165) is 0 Å². The van der Waals surface area contributed by atoms with E-state index in [1.165, 1.54) is 6.07 Å². The number of ether oxygens (including phenoxy) is 1. The van der Waals surface area contributed by atoms with Gasteiger partial charge in [0.05, 0.1) is 11.6 Å². The lowest BCUT2D eigenvalue weighted by molar-refractivity contribution is -0.000893. The van der Waals surface area contributed by atoms with E-state index < -0.39 is 17.5 Å². The molecule has 0 aromatic heterocycles. The predicted octanol–water partition coefficient (Wildman–Crippen LogP) is 2.90. The average molecular weight is 232 g/mol. The van der Waals surface area contributed by atoms with Crippen LogP contribution in [0.4, 0.5) is 4.39 Å². The van der Waals surface area contributed by atoms with Crippen LogP contribution in [-0.2, 0) is 4.74 Å². The molecule has 0 fully saturated rings. The largest absolute Gasteiger partial charge is 0.377 e. The Morgan fingerprint density at radius 2 is 2.07 bits per heavy atom. The highest BCUT2D eigenvalue weighted by molar-refractivity contribution is 6.30. The second-order valence-electron chi connectivity index (χ2n) is 3.95. The van der Waals surface area contributed by atoms with Gasteiger partial charge in [-0.25, -0.2) is 4.39 Å². The molecule has 0 spiro atoms. The topological polar surface area (TPSA) is 35.2 Å². The molecule has 0 aliphatic carbocycles. The van der Waals surface area contributed by atoms with Crippen molar-refractivity contribution < 1.29 is 9.13 Å². The van der Waals surface area contributed by atoms with Gasteiger partial charge < -0.3 is 10.5 Å². The van der Waals surface area contributed by atoms with E-state index in [1.807, 2.05) is 13.8 Å². The van der Waals surface area contributed by atoms with Crippen LogP contribution in [0.3, 0.4) is 0 Å². The lowest BCUT2D eigenvalue weighted by Gasteiger charge is -2.30. The third kappa shape index (κ3) is 2.68. The van der Waals surface area contributed by atoms with Crippen molar-refractivity contribution >= 4 is 11.6 Å². The lowest BCUT2D eigenvalue weighted by atomic mass is 9.92. The van der Waals surface area contributed by atoms with Crippen molar-refractivity contribution in [3.05, 3.63) is 34.6 Å². The zero-order chi connectivity index (χ0) is 11.6. The van der Waals surface area contributed by atoms with Gasteiger partial charge in [-0.05, 0) is 26.0 Å². The minimum atomic E-state index is -0.616. The molecule has 0 radical (unpaired) electrons. The highest BCUT2D eigenvalue weighted by Crippen LogP contribution is 2.28. The van der Waals surface area contributed by atoms with E-state index in [1.54, 1.807) is 19.2 Å².